The molecular weight excluding hydrogens is 250 g/mol. The average molecular weight is 273 g/mol. The van der Waals surface area contributed by atoms with Gasteiger partial charge in [0.1, 0.15) is 0 Å². The van der Waals surface area contributed by atoms with Crippen LogP contribution >= 0.6 is 0 Å². The first-order valence-electron chi connectivity index (χ1n) is 7.14. The number of carbonyl (C=O) groups excluding carboxylic acids is 1. The minimum atomic E-state index is 0.00212. The predicted octanol–water partition coefficient (Wildman–Crippen LogP) is 3.19. The molecule has 0 bridgehead atoms. The van der Waals surface area contributed by atoms with Crippen LogP contribution in [0.2, 0.25) is 0 Å². The number of nitrogens with zero attached hydrogens (tertiary/aromatic N) is 2. The Bertz CT molecular complexity index is 491. The zero-order valence-corrected chi connectivity index (χ0v) is 12.6. The van der Waals surface area contributed by atoms with Crippen LogP contribution in [0.3, 0.4) is 0 Å². The molecule has 0 aliphatic heterocycles. The van der Waals surface area contributed by atoms with E-state index >= 15 is 0 Å². The van der Waals surface area contributed by atoms with Crippen LogP contribution in [0.5, 0.6) is 0 Å². The van der Waals surface area contributed by atoms with Crippen molar-refractivity contribution in [1.29, 1.82) is 5.26 Å². The van der Waals surface area contributed by atoms with Crippen LogP contribution in [0.25, 0.3) is 0 Å². The van der Waals surface area contributed by atoms with Gasteiger partial charge in [-0.15, -0.1) is 0 Å². The van der Waals surface area contributed by atoms with Gasteiger partial charge in [0.15, 0.2) is 0 Å². The molecule has 0 spiro atoms. The maximum atomic E-state index is 12.4. The molecule has 20 heavy (non-hydrogen) atoms. The summed E-state index contributed by atoms with van der Waals surface area (Å²) >= 11 is 0. The Kier molecular flexibility index (Phi) is 6.58. The van der Waals surface area contributed by atoms with Crippen molar-refractivity contribution in [1.82, 2.24) is 4.90 Å². The van der Waals surface area contributed by atoms with Crippen LogP contribution in [0, 0.1) is 18.3 Å². The van der Waals surface area contributed by atoms with E-state index in [1.807, 2.05) is 32.0 Å². The van der Waals surface area contributed by atoms with Crippen molar-refractivity contribution < 1.29 is 4.79 Å². The summed E-state index contributed by atoms with van der Waals surface area (Å²) in [5, 5.41) is 12.0. The van der Waals surface area contributed by atoms with Crippen LogP contribution in [-0.2, 0) is 0 Å². The number of anilines is 1. The van der Waals surface area contributed by atoms with Crippen LogP contribution in [0.15, 0.2) is 18.2 Å². The first kappa shape index (κ1) is 16.0. The minimum absolute atomic E-state index is 0.00212. The zero-order chi connectivity index (χ0) is 15.0. The third-order valence-corrected chi connectivity index (χ3v) is 3.20. The number of benzene rings is 1. The standard InChI is InChI=1S/C16H23N3O/c1-4-10-18-14-7-8-15(13(3)12-14)16(20)19(5-2)11-6-9-17/h7-8,12,18H,4-6,10-11H2,1-3H3. The third-order valence-electron chi connectivity index (χ3n) is 3.20. The molecule has 1 aromatic carbocycles. The van der Waals surface area contributed by atoms with Crippen molar-refractivity contribution >= 4 is 11.6 Å². The van der Waals surface area contributed by atoms with E-state index in [0.717, 1.165) is 24.2 Å². The zero-order valence-electron chi connectivity index (χ0n) is 12.6. The highest BCUT2D eigenvalue weighted by Crippen LogP contribution is 2.17. The highest BCUT2D eigenvalue weighted by atomic mass is 16.2. The number of amides is 1. The third kappa shape index (κ3) is 4.27. The highest BCUT2D eigenvalue weighted by Gasteiger charge is 2.15. The van der Waals surface area contributed by atoms with Gasteiger partial charge in [-0.25, -0.2) is 0 Å². The Morgan fingerprint density at radius 2 is 2.15 bits per heavy atom. The number of carbonyl (C=O) groups is 1. The van der Waals surface area contributed by atoms with E-state index in [4.69, 9.17) is 5.26 Å². The van der Waals surface area contributed by atoms with Crippen molar-refractivity contribution in [2.45, 2.75) is 33.6 Å². The molecule has 0 unspecified atom stereocenters. The van der Waals surface area contributed by atoms with Gasteiger partial charge in [0.2, 0.25) is 0 Å². The Balaban J connectivity index is 2.84. The number of aryl methyl sites for hydroxylation is 1. The van der Waals surface area contributed by atoms with Gasteiger partial charge in [-0.1, -0.05) is 6.92 Å². The van der Waals surface area contributed by atoms with Crippen molar-refractivity contribution in [2.24, 2.45) is 0 Å². The Morgan fingerprint density at radius 1 is 1.40 bits per heavy atom. The summed E-state index contributed by atoms with van der Waals surface area (Å²) in [4.78, 5) is 14.1. The molecule has 4 nitrogen and oxygen atoms in total. The molecule has 0 heterocycles. The lowest BCUT2D eigenvalue weighted by atomic mass is 10.1. The van der Waals surface area contributed by atoms with Crippen molar-refractivity contribution in [3.8, 4) is 6.07 Å². The van der Waals surface area contributed by atoms with E-state index in [-0.39, 0.29) is 5.91 Å². The van der Waals surface area contributed by atoms with Crippen molar-refractivity contribution in [3.05, 3.63) is 29.3 Å². The molecule has 0 radical (unpaired) electrons. The molecule has 0 aromatic heterocycles. The lowest BCUT2D eigenvalue weighted by molar-refractivity contribution is 0.0767. The van der Waals surface area contributed by atoms with Gasteiger partial charge in [0, 0.05) is 30.9 Å². The molecule has 0 aliphatic carbocycles. The summed E-state index contributed by atoms with van der Waals surface area (Å²) in [7, 11) is 0. The quantitative estimate of drug-likeness (QED) is 0.830. The smallest absolute Gasteiger partial charge is 0.254 e. The molecule has 4 heteroatoms. The largest absolute Gasteiger partial charge is 0.385 e. The summed E-state index contributed by atoms with van der Waals surface area (Å²) in [6.07, 6.45) is 1.44. The monoisotopic (exact) mass is 273 g/mol. The van der Waals surface area contributed by atoms with Gasteiger partial charge < -0.3 is 10.2 Å². The van der Waals surface area contributed by atoms with Crippen LogP contribution in [0.4, 0.5) is 5.69 Å². The lowest BCUT2D eigenvalue weighted by Crippen LogP contribution is -2.32. The molecule has 0 aliphatic rings. The number of nitriles is 1. The van der Waals surface area contributed by atoms with Gasteiger partial charge in [-0.05, 0) is 44.0 Å². The SMILES string of the molecule is CCCNc1ccc(C(=O)N(CC)CCC#N)c(C)c1. The highest BCUT2D eigenvalue weighted by molar-refractivity contribution is 5.96. The average Bonchev–Trinajstić information content (AvgIpc) is 2.45. The maximum Gasteiger partial charge on any atom is 0.254 e. The molecular formula is C16H23N3O. The maximum absolute atomic E-state index is 12.4. The van der Waals surface area contributed by atoms with E-state index in [9.17, 15) is 4.79 Å². The molecule has 108 valence electrons. The second-order valence-corrected chi connectivity index (χ2v) is 4.75. The summed E-state index contributed by atoms with van der Waals surface area (Å²) in [6, 6.07) is 7.89. The Morgan fingerprint density at radius 3 is 2.70 bits per heavy atom. The lowest BCUT2D eigenvalue weighted by Gasteiger charge is -2.21. The molecule has 1 N–H and O–H groups in total. The van der Waals surface area contributed by atoms with E-state index < -0.39 is 0 Å². The summed E-state index contributed by atoms with van der Waals surface area (Å²) in [6.45, 7) is 8.03. The van der Waals surface area contributed by atoms with Crippen molar-refractivity contribution in [2.75, 3.05) is 25.0 Å². The molecule has 1 rings (SSSR count). The topological polar surface area (TPSA) is 56.1 Å². The fourth-order valence-corrected chi connectivity index (χ4v) is 2.04. The van der Waals surface area contributed by atoms with E-state index in [2.05, 4.69) is 18.3 Å². The van der Waals surface area contributed by atoms with Crippen LogP contribution in [0.1, 0.15) is 42.6 Å². The first-order chi connectivity index (χ1) is 9.63. The molecule has 0 atom stereocenters. The summed E-state index contributed by atoms with van der Waals surface area (Å²) in [5.41, 5.74) is 2.72. The number of hydrogen-bond acceptors (Lipinski definition) is 3. The molecule has 0 saturated heterocycles. The molecule has 0 fully saturated rings. The number of nitrogens with one attached hydrogen (secondary N) is 1. The second kappa shape index (κ2) is 8.21. The van der Waals surface area contributed by atoms with Crippen LogP contribution in [-0.4, -0.2) is 30.4 Å². The fraction of sp³-hybridized carbons (Fsp3) is 0.500. The molecule has 1 aromatic rings. The second-order valence-electron chi connectivity index (χ2n) is 4.75. The summed E-state index contributed by atoms with van der Waals surface area (Å²) < 4.78 is 0. The normalized spacial score (nSPS) is 9.90. The van der Waals surface area contributed by atoms with Crippen LogP contribution < -0.4 is 5.32 Å². The first-order valence-corrected chi connectivity index (χ1v) is 7.14. The van der Waals surface area contributed by atoms with E-state index in [1.165, 1.54) is 0 Å². The van der Waals surface area contributed by atoms with Gasteiger partial charge in [0.05, 0.1) is 12.5 Å². The summed E-state index contributed by atoms with van der Waals surface area (Å²) in [5.74, 6) is 0.00212. The van der Waals surface area contributed by atoms with E-state index in [1.54, 1.807) is 4.90 Å². The van der Waals surface area contributed by atoms with Gasteiger partial charge >= 0.3 is 0 Å². The number of hydrogen-bond donors (Lipinski definition) is 1. The Hall–Kier alpha value is -2.02. The number of rotatable bonds is 7. The van der Waals surface area contributed by atoms with Gasteiger partial charge in [0.25, 0.3) is 5.91 Å². The van der Waals surface area contributed by atoms with Gasteiger partial charge in [-0.2, -0.15) is 5.26 Å². The Labute approximate surface area is 121 Å². The predicted molar refractivity (Wildman–Crippen MR) is 81.8 cm³/mol. The fourth-order valence-electron chi connectivity index (χ4n) is 2.04. The van der Waals surface area contributed by atoms with Gasteiger partial charge in [-0.3, -0.25) is 4.79 Å². The minimum Gasteiger partial charge on any atom is -0.385 e. The molecule has 0 saturated carbocycles. The van der Waals surface area contributed by atoms with Crippen molar-refractivity contribution in [3.63, 3.8) is 0 Å². The molecule has 1 amide bonds. The van der Waals surface area contributed by atoms with E-state index in [0.29, 0.717) is 25.1 Å².